The van der Waals surface area contributed by atoms with Crippen molar-refractivity contribution in [2.75, 3.05) is 13.2 Å². The van der Waals surface area contributed by atoms with E-state index in [4.69, 9.17) is 9.47 Å². The standard InChI is InChI=1S/C10H10BrNO2/c11-9-3-1-2-7(12-9)10-4-5-13-6-8(10)14-10/h1-3,8H,4-6H2. The van der Waals surface area contributed by atoms with Gasteiger partial charge in [0.05, 0.1) is 12.3 Å². The van der Waals surface area contributed by atoms with Gasteiger partial charge in [-0.2, -0.15) is 0 Å². The van der Waals surface area contributed by atoms with Crippen molar-refractivity contribution in [3.63, 3.8) is 0 Å². The lowest BCUT2D eigenvalue weighted by molar-refractivity contribution is 0.0967. The number of aromatic nitrogens is 1. The van der Waals surface area contributed by atoms with Crippen LogP contribution in [0.25, 0.3) is 0 Å². The molecule has 4 heteroatoms. The predicted octanol–water partition coefficient (Wildman–Crippen LogP) is 1.86. The molecule has 1 aromatic heterocycles. The Balaban J connectivity index is 1.95. The molecule has 2 aliphatic rings. The largest absolute Gasteiger partial charge is 0.378 e. The van der Waals surface area contributed by atoms with Gasteiger partial charge < -0.3 is 9.47 Å². The summed E-state index contributed by atoms with van der Waals surface area (Å²) in [6.45, 7) is 1.47. The minimum atomic E-state index is -0.137. The Kier molecular flexibility index (Phi) is 1.90. The van der Waals surface area contributed by atoms with Gasteiger partial charge in [0.1, 0.15) is 16.3 Å². The second-order valence-corrected chi connectivity index (χ2v) is 4.48. The molecule has 0 aliphatic carbocycles. The first-order valence-electron chi connectivity index (χ1n) is 4.70. The van der Waals surface area contributed by atoms with Crippen LogP contribution in [0.3, 0.4) is 0 Å². The highest BCUT2D eigenvalue weighted by Crippen LogP contribution is 2.50. The molecule has 2 atom stereocenters. The molecule has 2 fully saturated rings. The number of ether oxygens (including phenoxy) is 2. The quantitative estimate of drug-likeness (QED) is 0.568. The molecule has 3 rings (SSSR count). The van der Waals surface area contributed by atoms with E-state index in [1.54, 1.807) is 0 Å². The number of halogens is 1. The third kappa shape index (κ3) is 1.21. The summed E-state index contributed by atoms with van der Waals surface area (Å²) in [7, 11) is 0. The Morgan fingerprint density at radius 1 is 1.50 bits per heavy atom. The van der Waals surface area contributed by atoms with Gasteiger partial charge in [-0.05, 0) is 28.1 Å². The third-order valence-electron chi connectivity index (χ3n) is 2.85. The molecule has 0 radical (unpaired) electrons. The van der Waals surface area contributed by atoms with E-state index in [0.29, 0.717) is 6.61 Å². The average Bonchev–Trinajstić information content (AvgIpc) is 2.93. The van der Waals surface area contributed by atoms with Gasteiger partial charge in [-0.1, -0.05) is 6.07 Å². The maximum absolute atomic E-state index is 5.70. The highest BCUT2D eigenvalue weighted by Gasteiger charge is 2.60. The fourth-order valence-electron chi connectivity index (χ4n) is 2.02. The summed E-state index contributed by atoms with van der Waals surface area (Å²) in [4.78, 5) is 4.45. The molecular weight excluding hydrogens is 246 g/mol. The summed E-state index contributed by atoms with van der Waals surface area (Å²) in [6.07, 6.45) is 1.14. The van der Waals surface area contributed by atoms with Crippen molar-refractivity contribution >= 4 is 15.9 Å². The number of nitrogens with zero attached hydrogens (tertiary/aromatic N) is 1. The lowest BCUT2D eigenvalue weighted by Crippen LogP contribution is -2.25. The molecule has 0 bridgehead atoms. The van der Waals surface area contributed by atoms with Crippen LogP contribution in [0.2, 0.25) is 0 Å². The zero-order valence-corrected chi connectivity index (χ0v) is 9.16. The van der Waals surface area contributed by atoms with E-state index in [9.17, 15) is 0 Å². The van der Waals surface area contributed by atoms with Gasteiger partial charge in [0.15, 0.2) is 0 Å². The van der Waals surface area contributed by atoms with Gasteiger partial charge in [-0.3, -0.25) is 0 Å². The van der Waals surface area contributed by atoms with E-state index in [2.05, 4.69) is 20.9 Å². The first-order valence-corrected chi connectivity index (χ1v) is 5.49. The lowest BCUT2D eigenvalue weighted by Gasteiger charge is -2.16. The summed E-state index contributed by atoms with van der Waals surface area (Å²) in [5.74, 6) is 0. The Hall–Kier alpha value is -0.450. The van der Waals surface area contributed by atoms with E-state index in [-0.39, 0.29) is 11.7 Å². The highest BCUT2D eigenvalue weighted by molar-refractivity contribution is 9.10. The monoisotopic (exact) mass is 255 g/mol. The normalized spacial score (nSPS) is 35.1. The van der Waals surface area contributed by atoms with E-state index < -0.39 is 0 Å². The number of hydrogen-bond acceptors (Lipinski definition) is 3. The summed E-state index contributed by atoms with van der Waals surface area (Å²) in [5.41, 5.74) is 0.891. The number of hydrogen-bond donors (Lipinski definition) is 0. The van der Waals surface area contributed by atoms with Crippen LogP contribution in [0.15, 0.2) is 22.8 Å². The van der Waals surface area contributed by atoms with E-state index >= 15 is 0 Å². The number of pyridine rings is 1. The smallest absolute Gasteiger partial charge is 0.141 e. The second kappa shape index (κ2) is 3.02. The van der Waals surface area contributed by atoms with Crippen molar-refractivity contribution in [1.29, 1.82) is 0 Å². The van der Waals surface area contributed by atoms with Crippen LogP contribution < -0.4 is 0 Å². The van der Waals surface area contributed by atoms with Gasteiger partial charge in [0.2, 0.25) is 0 Å². The molecule has 0 amide bonds. The summed E-state index contributed by atoms with van der Waals surface area (Å²) in [6, 6.07) is 5.95. The van der Waals surface area contributed by atoms with Crippen LogP contribution in [-0.4, -0.2) is 24.3 Å². The minimum Gasteiger partial charge on any atom is -0.378 e. The summed E-state index contributed by atoms with van der Waals surface area (Å²) >= 11 is 3.37. The van der Waals surface area contributed by atoms with E-state index in [0.717, 1.165) is 23.3 Å². The molecular formula is C10H10BrNO2. The van der Waals surface area contributed by atoms with Crippen LogP contribution in [0.4, 0.5) is 0 Å². The van der Waals surface area contributed by atoms with Crippen LogP contribution >= 0.6 is 15.9 Å². The van der Waals surface area contributed by atoms with E-state index in [1.165, 1.54) is 0 Å². The minimum absolute atomic E-state index is 0.137. The maximum Gasteiger partial charge on any atom is 0.141 e. The first-order chi connectivity index (χ1) is 6.81. The number of epoxide rings is 1. The molecule has 3 heterocycles. The average molecular weight is 256 g/mol. The first kappa shape index (κ1) is 8.83. The van der Waals surface area contributed by atoms with E-state index in [1.807, 2.05) is 18.2 Å². The van der Waals surface area contributed by atoms with Crippen LogP contribution in [-0.2, 0) is 15.1 Å². The van der Waals surface area contributed by atoms with Crippen molar-refractivity contribution in [3.05, 3.63) is 28.5 Å². The number of fused-ring (bicyclic) bond motifs is 1. The molecule has 2 unspecified atom stereocenters. The molecule has 2 saturated heterocycles. The Labute approximate surface area is 90.6 Å². The lowest BCUT2D eigenvalue weighted by atomic mass is 9.95. The zero-order valence-electron chi connectivity index (χ0n) is 7.57. The molecule has 0 N–H and O–H groups in total. The molecule has 0 aromatic carbocycles. The summed E-state index contributed by atoms with van der Waals surface area (Å²) in [5, 5.41) is 0. The molecule has 74 valence electrons. The molecule has 1 aromatic rings. The topological polar surface area (TPSA) is 34.6 Å². The maximum atomic E-state index is 5.70. The second-order valence-electron chi connectivity index (χ2n) is 3.67. The Morgan fingerprint density at radius 2 is 2.43 bits per heavy atom. The van der Waals surface area contributed by atoms with Crippen molar-refractivity contribution in [2.45, 2.75) is 18.1 Å². The number of rotatable bonds is 1. The van der Waals surface area contributed by atoms with Crippen molar-refractivity contribution in [2.24, 2.45) is 0 Å². The van der Waals surface area contributed by atoms with Gasteiger partial charge in [-0.25, -0.2) is 4.98 Å². The molecule has 3 nitrogen and oxygen atoms in total. The molecule has 0 saturated carbocycles. The Morgan fingerprint density at radius 3 is 3.21 bits per heavy atom. The SMILES string of the molecule is Brc1cccc(C23CCOCC2O3)n1. The fraction of sp³-hybridized carbons (Fsp3) is 0.500. The molecule has 2 aliphatic heterocycles. The van der Waals surface area contributed by atoms with Crippen molar-refractivity contribution in [3.8, 4) is 0 Å². The highest BCUT2D eigenvalue weighted by atomic mass is 79.9. The van der Waals surface area contributed by atoms with Crippen LogP contribution in [0, 0.1) is 0 Å². The van der Waals surface area contributed by atoms with Gasteiger partial charge in [0, 0.05) is 13.0 Å². The summed E-state index contributed by atoms with van der Waals surface area (Å²) < 4.78 is 11.9. The molecule has 14 heavy (non-hydrogen) atoms. The fourth-order valence-corrected chi connectivity index (χ4v) is 2.36. The van der Waals surface area contributed by atoms with Crippen molar-refractivity contribution in [1.82, 2.24) is 4.98 Å². The van der Waals surface area contributed by atoms with Crippen LogP contribution in [0.1, 0.15) is 12.1 Å². The molecule has 0 spiro atoms. The van der Waals surface area contributed by atoms with Gasteiger partial charge in [-0.15, -0.1) is 0 Å². The zero-order chi connectivity index (χ0) is 9.60. The van der Waals surface area contributed by atoms with Gasteiger partial charge >= 0.3 is 0 Å². The Bertz CT molecular complexity index is 371. The van der Waals surface area contributed by atoms with Crippen molar-refractivity contribution < 1.29 is 9.47 Å². The third-order valence-corrected chi connectivity index (χ3v) is 3.29. The predicted molar refractivity (Wildman–Crippen MR) is 53.9 cm³/mol. The van der Waals surface area contributed by atoms with Gasteiger partial charge in [0.25, 0.3) is 0 Å². The van der Waals surface area contributed by atoms with Crippen LogP contribution in [0.5, 0.6) is 0 Å².